The second-order valence-corrected chi connectivity index (χ2v) is 11.6. The van der Waals surface area contributed by atoms with Gasteiger partial charge in [-0.05, 0) is 49.6 Å². The minimum atomic E-state index is -1.18. The molecule has 44 heavy (non-hydrogen) atoms. The van der Waals surface area contributed by atoms with Gasteiger partial charge >= 0.3 is 11.9 Å². The highest BCUT2D eigenvalue weighted by Crippen LogP contribution is 2.46. The number of ether oxygens (including phenoxy) is 4. The lowest BCUT2D eigenvalue weighted by Crippen LogP contribution is -2.55. The molecule has 236 valence electrons. The highest BCUT2D eigenvalue weighted by Gasteiger charge is 2.62. The normalized spacial score (nSPS) is 28.0. The fourth-order valence-electron chi connectivity index (χ4n) is 6.07. The van der Waals surface area contributed by atoms with Gasteiger partial charge in [0.25, 0.3) is 0 Å². The van der Waals surface area contributed by atoms with Crippen molar-refractivity contribution >= 4 is 46.4 Å². The summed E-state index contributed by atoms with van der Waals surface area (Å²) in [6.07, 6.45) is 7.83. The summed E-state index contributed by atoms with van der Waals surface area (Å²) >= 11 is 6.05. The molecule has 1 saturated carbocycles. The Bertz CT molecular complexity index is 1470. The smallest absolute Gasteiger partial charge is 0.356 e. The Hall–Kier alpha value is -3.90. The summed E-state index contributed by atoms with van der Waals surface area (Å²) in [7, 11) is 4.08. The molecule has 3 heterocycles. The third kappa shape index (κ3) is 6.32. The van der Waals surface area contributed by atoms with Crippen LogP contribution < -0.4 is 19.6 Å². The van der Waals surface area contributed by atoms with E-state index >= 15 is 0 Å². The summed E-state index contributed by atoms with van der Waals surface area (Å²) in [5.41, 5.74) is -0.705. The first-order valence-corrected chi connectivity index (χ1v) is 15.1. The lowest BCUT2D eigenvalue weighted by molar-refractivity contribution is -0.148. The van der Waals surface area contributed by atoms with E-state index in [1.165, 1.54) is 32.3 Å². The molecule has 5 atom stereocenters. The fourth-order valence-corrected chi connectivity index (χ4v) is 6.27. The molecule has 2 fully saturated rings. The molecule has 3 aliphatic rings. The number of hydrogen-bond acceptors (Lipinski definition) is 10. The maximum absolute atomic E-state index is 13.9. The van der Waals surface area contributed by atoms with Gasteiger partial charge in [-0.15, -0.1) is 0 Å². The van der Waals surface area contributed by atoms with Crippen molar-refractivity contribution in [2.24, 2.45) is 5.92 Å². The second kappa shape index (κ2) is 13.4. The van der Waals surface area contributed by atoms with Crippen LogP contribution in [-0.4, -0.2) is 85.2 Å². The van der Waals surface area contributed by atoms with E-state index in [-0.39, 0.29) is 30.5 Å². The van der Waals surface area contributed by atoms with Crippen LogP contribution in [0.2, 0.25) is 0 Å². The Morgan fingerprint density at radius 2 is 1.93 bits per heavy atom. The molecule has 0 spiro atoms. The number of pyridine rings is 1. The largest absolute Gasteiger partial charge is 0.497 e. The van der Waals surface area contributed by atoms with Gasteiger partial charge in [-0.1, -0.05) is 25.0 Å². The van der Waals surface area contributed by atoms with Crippen molar-refractivity contribution in [3.05, 3.63) is 42.1 Å². The van der Waals surface area contributed by atoms with Crippen molar-refractivity contribution in [3.8, 4) is 11.5 Å². The molecule has 1 aromatic heterocycles. The summed E-state index contributed by atoms with van der Waals surface area (Å²) in [5, 5.41) is 3.53. The first kappa shape index (κ1) is 31.5. The molecule has 1 saturated heterocycles. The van der Waals surface area contributed by atoms with Crippen molar-refractivity contribution in [2.75, 3.05) is 27.9 Å². The number of rotatable bonds is 6. The highest BCUT2D eigenvalue weighted by molar-refractivity contribution is 6.15. The Balaban J connectivity index is 1.47. The van der Waals surface area contributed by atoms with Crippen molar-refractivity contribution < 1.29 is 38.1 Å². The van der Waals surface area contributed by atoms with Gasteiger partial charge in [0.05, 0.1) is 33.4 Å². The number of amides is 2. The number of fused-ring (bicyclic) bond motifs is 3. The molecule has 13 heteroatoms. The lowest BCUT2D eigenvalue weighted by Gasteiger charge is -2.28. The molecule has 0 radical (unpaired) electrons. The number of carbonyl (C=O) groups is 4. The number of esters is 2. The number of nitrogens with one attached hydrogen (secondary N) is 2. The van der Waals surface area contributed by atoms with Crippen LogP contribution in [0.15, 0.2) is 36.4 Å². The van der Waals surface area contributed by atoms with Gasteiger partial charge in [0.2, 0.25) is 11.8 Å². The summed E-state index contributed by atoms with van der Waals surface area (Å²) in [6.45, 7) is 0.0775. The predicted molar refractivity (Wildman–Crippen MR) is 160 cm³/mol. The number of carbonyl (C=O) groups excluding carboxylic acids is 4. The minimum absolute atomic E-state index is 0.0316. The van der Waals surface area contributed by atoms with Crippen molar-refractivity contribution in [2.45, 2.75) is 68.7 Å². The van der Waals surface area contributed by atoms with Crippen LogP contribution in [0.5, 0.6) is 11.5 Å². The van der Waals surface area contributed by atoms with Gasteiger partial charge in [-0.25, -0.2) is 19.4 Å². The van der Waals surface area contributed by atoms with Crippen LogP contribution in [-0.2, 0) is 23.9 Å². The first-order valence-electron chi connectivity index (χ1n) is 14.7. The van der Waals surface area contributed by atoms with Crippen LogP contribution in [0.3, 0.4) is 0 Å². The van der Waals surface area contributed by atoms with Gasteiger partial charge in [0.1, 0.15) is 35.2 Å². The van der Waals surface area contributed by atoms with E-state index in [1.54, 1.807) is 18.2 Å². The Morgan fingerprint density at radius 1 is 1.11 bits per heavy atom. The molecule has 12 nitrogen and oxygen atoms in total. The van der Waals surface area contributed by atoms with Gasteiger partial charge in [0, 0.05) is 29.9 Å². The van der Waals surface area contributed by atoms with Gasteiger partial charge in [0.15, 0.2) is 5.69 Å². The highest BCUT2D eigenvalue weighted by atomic mass is 35.5. The zero-order chi connectivity index (χ0) is 31.4. The monoisotopic (exact) mass is 628 g/mol. The topological polar surface area (TPSA) is 145 Å². The first-order chi connectivity index (χ1) is 21.2. The quantitative estimate of drug-likeness (QED) is 0.278. The van der Waals surface area contributed by atoms with Crippen LogP contribution in [0.1, 0.15) is 55.4 Å². The predicted octanol–water partition coefficient (Wildman–Crippen LogP) is 3.06. The van der Waals surface area contributed by atoms with E-state index in [0.29, 0.717) is 35.2 Å². The van der Waals surface area contributed by atoms with Crippen molar-refractivity contribution in [1.82, 2.24) is 20.0 Å². The third-order valence-electron chi connectivity index (χ3n) is 8.59. The van der Waals surface area contributed by atoms with E-state index in [1.807, 2.05) is 12.2 Å². The SMILES string of the molecule is COC(=O)c1cc(O[C@@H]2C[C@H]3C(=O)N[C@]4(C(=O)OC)C[C@H]4/C=C\CCCCC[C@H](NCl)C(=O)N3C2)c2ccc(OC)cc2n1. The molecule has 1 aliphatic carbocycles. The van der Waals surface area contributed by atoms with Crippen LogP contribution >= 0.6 is 11.8 Å². The fraction of sp³-hybridized carbons (Fsp3) is 0.516. The van der Waals surface area contributed by atoms with E-state index < -0.39 is 41.6 Å². The van der Waals surface area contributed by atoms with E-state index in [4.69, 9.17) is 30.7 Å². The average Bonchev–Trinajstić information content (AvgIpc) is 3.56. The maximum Gasteiger partial charge on any atom is 0.356 e. The molecular formula is C31H37ClN4O8. The molecular weight excluding hydrogens is 592 g/mol. The maximum atomic E-state index is 13.9. The van der Waals surface area contributed by atoms with Gasteiger partial charge < -0.3 is 29.2 Å². The molecule has 0 unspecified atom stereocenters. The van der Waals surface area contributed by atoms with Crippen LogP contribution in [0.25, 0.3) is 10.9 Å². The molecule has 0 bridgehead atoms. The molecule has 2 amide bonds. The Labute approximate surface area is 260 Å². The number of aromatic nitrogens is 1. The summed E-state index contributed by atoms with van der Waals surface area (Å²) in [6, 6.07) is 5.01. The molecule has 5 rings (SSSR count). The number of hydrogen-bond donors (Lipinski definition) is 2. The van der Waals surface area contributed by atoms with Gasteiger partial charge in [-0.3, -0.25) is 9.59 Å². The summed E-state index contributed by atoms with van der Waals surface area (Å²) < 4.78 is 21.7. The minimum Gasteiger partial charge on any atom is -0.497 e. The molecule has 2 aliphatic heterocycles. The summed E-state index contributed by atoms with van der Waals surface area (Å²) in [5.74, 6) is -1.31. The molecule has 2 aromatic rings. The zero-order valence-electron chi connectivity index (χ0n) is 25.0. The van der Waals surface area contributed by atoms with Crippen LogP contribution in [0, 0.1) is 5.92 Å². The average molecular weight is 629 g/mol. The number of nitrogens with zero attached hydrogens (tertiary/aromatic N) is 2. The van der Waals surface area contributed by atoms with Crippen molar-refractivity contribution in [1.29, 1.82) is 0 Å². The van der Waals surface area contributed by atoms with Crippen LogP contribution in [0.4, 0.5) is 0 Å². The number of allylic oxidation sites excluding steroid dienone is 1. The number of benzene rings is 1. The van der Waals surface area contributed by atoms with E-state index in [2.05, 4.69) is 15.1 Å². The summed E-state index contributed by atoms with van der Waals surface area (Å²) in [4.78, 5) is 61.4. The second-order valence-electron chi connectivity index (χ2n) is 11.4. The third-order valence-corrected chi connectivity index (χ3v) is 8.85. The zero-order valence-corrected chi connectivity index (χ0v) is 25.7. The number of halogens is 1. The Morgan fingerprint density at radius 3 is 2.66 bits per heavy atom. The van der Waals surface area contributed by atoms with E-state index in [9.17, 15) is 19.2 Å². The Kier molecular flexibility index (Phi) is 9.59. The lowest BCUT2D eigenvalue weighted by atomic mass is 10.1. The number of methoxy groups -OCH3 is 3. The molecule has 2 N–H and O–H groups in total. The standard InChI is InChI=1S/C31H37ClN4O8/c1-41-19-11-12-21-23(13-19)33-24(29(39)42-2)15-26(21)44-20-14-25-27(37)34-31(30(40)43-3)16-18(31)9-7-5-4-6-8-10-22(35-32)28(38)36(25)17-20/h7,9,11-13,15,18,20,22,25,35H,4-6,8,10,14,16-17H2,1-3H3,(H,34,37)/b9-7-/t18-,20-,22+,25+,31-/m1/s1. The van der Waals surface area contributed by atoms with E-state index in [0.717, 1.165) is 25.7 Å². The van der Waals surface area contributed by atoms with Gasteiger partial charge in [-0.2, -0.15) is 0 Å². The van der Waals surface area contributed by atoms with Crippen molar-refractivity contribution in [3.63, 3.8) is 0 Å². The molecule has 1 aromatic carbocycles.